The van der Waals surface area contributed by atoms with Crippen LogP contribution in [0, 0.1) is 11.8 Å². The normalized spacial score (nSPS) is 45.8. The second-order valence-corrected chi connectivity index (χ2v) is 7.61. The molecule has 2 radical (unpaired) electrons. The van der Waals surface area contributed by atoms with Crippen molar-refractivity contribution in [2.75, 3.05) is 26.8 Å². The molecule has 0 aromatic heterocycles. The third-order valence-corrected chi connectivity index (χ3v) is 6.63. The standard InChI is InChI=1S/C15H27BN2O.C2H6/c1-13(16)7-4-5-12-11(14(13,2)17)6-8-18(3)15(12)9-19-10-15;1-2/h11-12H,4-10,17H2,1-3H3;1-2H3. The third-order valence-electron chi connectivity index (χ3n) is 6.63. The van der Waals surface area contributed by atoms with Gasteiger partial charge in [0.2, 0.25) is 0 Å². The lowest BCUT2D eigenvalue weighted by atomic mass is 9.50. The van der Waals surface area contributed by atoms with Gasteiger partial charge >= 0.3 is 0 Å². The van der Waals surface area contributed by atoms with E-state index in [1.807, 2.05) is 13.8 Å². The van der Waals surface area contributed by atoms with E-state index < -0.39 is 0 Å². The molecule has 0 bridgehead atoms. The molecule has 2 heterocycles. The Kier molecular flexibility index (Phi) is 4.83. The van der Waals surface area contributed by atoms with E-state index in [-0.39, 0.29) is 16.4 Å². The predicted octanol–water partition coefficient (Wildman–Crippen LogP) is 2.60. The first-order chi connectivity index (χ1) is 9.81. The van der Waals surface area contributed by atoms with E-state index in [0.29, 0.717) is 11.8 Å². The molecule has 3 aliphatic rings. The second-order valence-electron chi connectivity index (χ2n) is 7.61. The molecule has 21 heavy (non-hydrogen) atoms. The van der Waals surface area contributed by atoms with Gasteiger partial charge in [0, 0.05) is 5.54 Å². The predicted molar refractivity (Wildman–Crippen MR) is 89.7 cm³/mol. The van der Waals surface area contributed by atoms with Gasteiger partial charge in [-0.15, -0.1) is 0 Å². The monoisotopic (exact) mass is 292 g/mol. The summed E-state index contributed by atoms with van der Waals surface area (Å²) in [5, 5.41) is -0.256. The van der Waals surface area contributed by atoms with E-state index in [9.17, 15) is 0 Å². The maximum absolute atomic E-state index is 6.77. The number of fused-ring (bicyclic) bond motifs is 2. The van der Waals surface area contributed by atoms with Gasteiger partial charge in [0.1, 0.15) is 0 Å². The van der Waals surface area contributed by atoms with Crippen molar-refractivity contribution < 1.29 is 4.74 Å². The summed E-state index contributed by atoms with van der Waals surface area (Å²) in [5.41, 5.74) is 6.73. The topological polar surface area (TPSA) is 38.5 Å². The van der Waals surface area contributed by atoms with Crippen molar-refractivity contribution >= 4 is 7.85 Å². The van der Waals surface area contributed by atoms with E-state index in [1.54, 1.807) is 0 Å². The first-order valence-corrected chi connectivity index (χ1v) is 8.68. The lowest BCUT2D eigenvalue weighted by molar-refractivity contribution is -0.196. The minimum Gasteiger partial charge on any atom is -0.377 e. The van der Waals surface area contributed by atoms with Crippen LogP contribution in [0.5, 0.6) is 0 Å². The summed E-state index contributed by atoms with van der Waals surface area (Å²) < 4.78 is 5.58. The Morgan fingerprint density at radius 1 is 1.14 bits per heavy atom. The van der Waals surface area contributed by atoms with Crippen molar-refractivity contribution in [1.82, 2.24) is 4.90 Å². The lowest BCUT2D eigenvalue weighted by Gasteiger charge is -2.61. The Balaban J connectivity index is 0.000000774. The number of likely N-dealkylation sites (N-methyl/N-ethyl adjacent to an activating group) is 1. The van der Waals surface area contributed by atoms with E-state index >= 15 is 0 Å². The SMILES string of the molecule is CC.[B]C1(C)CCCC2C(CCN(C)C23COC3)C1(C)N. The minimum atomic E-state index is -0.280. The van der Waals surface area contributed by atoms with Gasteiger partial charge in [0.05, 0.1) is 26.6 Å². The van der Waals surface area contributed by atoms with Crippen molar-refractivity contribution in [1.29, 1.82) is 0 Å². The summed E-state index contributed by atoms with van der Waals surface area (Å²) in [7, 11) is 8.82. The van der Waals surface area contributed by atoms with Gasteiger partial charge in [-0.3, -0.25) is 4.90 Å². The molecule has 3 fully saturated rings. The van der Waals surface area contributed by atoms with E-state index in [4.69, 9.17) is 18.3 Å². The summed E-state index contributed by atoms with van der Waals surface area (Å²) in [6.07, 6.45) is 4.64. The van der Waals surface area contributed by atoms with Crippen LogP contribution in [0.25, 0.3) is 0 Å². The Morgan fingerprint density at radius 3 is 2.29 bits per heavy atom. The van der Waals surface area contributed by atoms with Crippen LogP contribution in [0.15, 0.2) is 0 Å². The maximum atomic E-state index is 6.77. The summed E-state index contributed by atoms with van der Waals surface area (Å²) in [6.45, 7) is 11.2. The minimum absolute atomic E-state index is 0.240. The van der Waals surface area contributed by atoms with Gasteiger partial charge in [0.25, 0.3) is 0 Å². The third kappa shape index (κ3) is 2.47. The number of hydrogen-bond acceptors (Lipinski definition) is 3. The Bertz CT molecular complexity index is 366. The highest BCUT2D eigenvalue weighted by atomic mass is 16.5. The highest BCUT2D eigenvalue weighted by Crippen LogP contribution is 2.56. The zero-order chi connectivity index (χ0) is 15.9. The summed E-state index contributed by atoms with van der Waals surface area (Å²) >= 11 is 0. The molecule has 120 valence electrons. The number of hydrogen-bond donors (Lipinski definition) is 1. The highest BCUT2D eigenvalue weighted by molar-refractivity contribution is 6.16. The summed E-state index contributed by atoms with van der Waals surface area (Å²) in [5.74, 6) is 1.16. The Labute approximate surface area is 132 Å². The van der Waals surface area contributed by atoms with E-state index in [2.05, 4.69) is 25.8 Å². The Hall–Kier alpha value is -0.0551. The van der Waals surface area contributed by atoms with Crippen molar-refractivity contribution in [3.05, 3.63) is 0 Å². The van der Waals surface area contributed by atoms with Gasteiger partial charge in [0.15, 0.2) is 0 Å². The quantitative estimate of drug-likeness (QED) is 0.697. The molecule has 4 atom stereocenters. The van der Waals surface area contributed by atoms with Crippen LogP contribution >= 0.6 is 0 Å². The smallest absolute Gasteiger partial charge is 0.0767 e. The molecule has 0 aromatic carbocycles. The van der Waals surface area contributed by atoms with Crippen LogP contribution in [0.1, 0.15) is 53.4 Å². The highest BCUT2D eigenvalue weighted by Gasteiger charge is 2.59. The molecule has 2 saturated heterocycles. The zero-order valence-electron chi connectivity index (χ0n) is 14.6. The molecule has 1 saturated carbocycles. The van der Waals surface area contributed by atoms with E-state index in [1.165, 1.54) is 19.3 Å². The largest absolute Gasteiger partial charge is 0.377 e. The first-order valence-electron chi connectivity index (χ1n) is 8.68. The fraction of sp³-hybridized carbons (Fsp3) is 1.00. The van der Waals surface area contributed by atoms with Crippen LogP contribution in [0.3, 0.4) is 0 Å². The summed E-state index contributed by atoms with van der Waals surface area (Å²) in [6, 6.07) is 0. The molecule has 4 unspecified atom stereocenters. The van der Waals surface area contributed by atoms with Gasteiger partial charge in [-0.05, 0) is 45.2 Å². The fourth-order valence-electron chi connectivity index (χ4n) is 4.73. The van der Waals surface area contributed by atoms with Gasteiger partial charge in [-0.1, -0.05) is 38.9 Å². The number of nitrogens with two attached hydrogens (primary N) is 1. The average molecular weight is 292 g/mol. The van der Waals surface area contributed by atoms with Crippen molar-refractivity contribution in [2.45, 2.75) is 69.8 Å². The Morgan fingerprint density at radius 2 is 1.76 bits per heavy atom. The number of piperidine rings is 1. The number of rotatable bonds is 0. The second kappa shape index (κ2) is 5.86. The van der Waals surface area contributed by atoms with E-state index in [0.717, 1.165) is 26.2 Å². The number of likely N-dealkylation sites (tertiary alicyclic amines) is 1. The van der Waals surface area contributed by atoms with Gasteiger partial charge in [-0.2, -0.15) is 0 Å². The van der Waals surface area contributed by atoms with Crippen LogP contribution in [0.2, 0.25) is 5.31 Å². The first kappa shape index (κ1) is 17.3. The molecule has 0 aromatic rings. The van der Waals surface area contributed by atoms with Crippen molar-refractivity contribution in [3.8, 4) is 0 Å². The molecular weight excluding hydrogens is 259 g/mol. The van der Waals surface area contributed by atoms with Gasteiger partial charge < -0.3 is 10.5 Å². The molecular formula is C17H33BN2O. The molecule has 2 aliphatic heterocycles. The maximum Gasteiger partial charge on any atom is 0.0767 e. The lowest BCUT2D eigenvalue weighted by Crippen LogP contribution is -2.72. The van der Waals surface area contributed by atoms with Crippen molar-refractivity contribution in [2.24, 2.45) is 17.6 Å². The molecule has 3 rings (SSSR count). The molecule has 1 aliphatic carbocycles. The molecule has 3 nitrogen and oxygen atoms in total. The fourth-order valence-corrected chi connectivity index (χ4v) is 4.73. The van der Waals surface area contributed by atoms with Crippen LogP contribution in [-0.4, -0.2) is 50.6 Å². The molecule has 4 heteroatoms. The number of nitrogens with zero attached hydrogens (tertiary/aromatic N) is 1. The van der Waals surface area contributed by atoms with Crippen molar-refractivity contribution in [3.63, 3.8) is 0 Å². The number of ether oxygens (including phenoxy) is 1. The van der Waals surface area contributed by atoms with Crippen LogP contribution < -0.4 is 5.73 Å². The summed E-state index contributed by atoms with van der Waals surface area (Å²) in [4.78, 5) is 2.52. The van der Waals surface area contributed by atoms with Crippen LogP contribution in [-0.2, 0) is 4.74 Å². The molecule has 1 spiro atoms. The molecule has 2 N–H and O–H groups in total. The van der Waals surface area contributed by atoms with Crippen LogP contribution in [0.4, 0.5) is 0 Å². The van der Waals surface area contributed by atoms with Gasteiger partial charge in [-0.25, -0.2) is 0 Å². The average Bonchev–Trinajstić information content (AvgIpc) is 2.46. The molecule has 0 amide bonds. The zero-order valence-corrected chi connectivity index (χ0v) is 14.6.